The number of pyridine rings is 2. The average molecular weight is 444 g/mol. The number of amides is 1. The van der Waals surface area contributed by atoms with E-state index >= 15 is 0 Å². The lowest BCUT2D eigenvalue weighted by atomic mass is 10.1. The van der Waals surface area contributed by atoms with Crippen molar-refractivity contribution in [1.29, 1.82) is 0 Å². The van der Waals surface area contributed by atoms with E-state index in [1.165, 1.54) is 0 Å². The second kappa shape index (κ2) is 8.99. The van der Waals surface area contributed by atoms with Crippen molar-refractivity contribution in [2.45, 2.75) is 25.7 Å². The van der Waals surface area contributed by atoms with E-state index in [1.807, 2.05) is 55.5 Å². The summed E-state index contributed by atoms with van der Waals surface area (Å²) in [4.78, 5) is 22.7. The van der Waals surface area contributed by atoms with E-state index in [0.717, 1.165) is 35.4 Å². The van der Waals surface area contributed by atoms with Gasteiger partial charge >= 0.3 is 0 Å². The first-order valence-corrected chi connectivity index (χ1v) is 11.0. The fraction of sp³-hybridized carbons (Fsp3) is 0.280. The maximum atomic E-state index is 13.4. The predicted octanol–water partition coefficient (Wildman–Crippen LogP) is 4.28. The van der Waals surface area contributed by atoms with Gasteiger partial charge in [0, 0.05) is 30.6 Å². The molecule has 0 atom stereocenters. The van der Waals surface area contributed by atoms with Crippen molar-refractivity contribution in [3.8, 4) is 11.6 Å². The van der Waals surface area contributed by atoms with Crippen molar-refractivity contribution < 1.29 is 14.3 Å². The molecule has 1 aliphatic rings. The Morgan fingerprint density at radius 1 is 1.15 bits per heavy atom. The Hall–Kier alpha value is -3.78. The number of carbonyl (C=O) groups is 1. The summed E-state index contributed by atoms with van der Waals surface area (Å²) in [5.41, 5.74) is 3.57. The fourth-order valence-electron chi connectivity index (χ4n) is 3.79. The topological polar surface area (TPSA) is 91.2 Å². The highest BCUT2D eigenvalue weighted by molar-refractivity contribution is 6.12. The van der Waals surface area contributed by atoms with Crippen LogP contribution in [-0.2, 0) is 4.74 Å². The summed E-state index contributed by atoms with van der Waals surface area (Å²) in [7, 11) is 1.63. The average Bonchev–Trinajstić information content (AvgIpc) is 3.64. The normalized spacial score (nSPS) is 13.3. The Bertz CT molecular complexity index is 1280. The summed E-state index contributed by atoms with van der Waals surface area (Å²) in [6, 6.07) is 14.9. The molecule has 1 fully saturated rings. The number of aryl methyl sites for hydroxylation is 1. The summed E-state index contributed by atoms with van der Waals surface area (Å²) < 4.78 is 12.3. The Balaban J connectivity index is 1.48. The number of benzene rings is 1. The Labute approximate surface area is 191 Å². The minimum absolute atomic E-state index is 0.193. The Kier molecular flexibility index (Phi) is 5.75. The van der Waals surface area contributed by atoms with Crippen LogP contribution in [0.3, 0.4) is 0 Å². The van der Waals surface area contributed by atoms with E-state index in [0.29, 0.717) is 41.8 Å². The third-order valence-corrected chi connectivity index (χ3v) is 5.61. The first-order valence-electron chi connectivity index (χ1n) is 11.0. The van der Waals surface area contributed by atoms with E-state index in [4.69, 9.17) is 14.5 Å². The van der Waals surface area contributed by atoms with Crippen LogP contribution in [0.25, 0.3) is 16.9 Å². The molecule has 0 radical (unpaired) electrons. The van der Waals surface area contributed by atoms with E-state index in [1.54, 1.807) is 18.0 Å². The molecule has 1 N–H and O–H groups in total. The molecular weight excluding hydrogens is 418 g/mol. The largest absolute Gasteiger partial charge is 0.491 e. The van der Waals surface area contributed by atoms with Crippen molar-refractivity contribution in [3.63, 3.8) is 0 Å². The number of hydrogen-bond acceptors (Lipinski definition) is 6. The molecule has 0 saturated heterocycles. The summed E-state index contributed by atoms with van der Waals surface area (Å²) in [5.74, 6) is 1.59. The monoisotopic (exact) mass is 443 g/mol. The van der Waals surface area contributed by atoms with Gasteiger partial charge in [-0.3, -0.25) is 4.79 Å². The number of rotatable bonds is 8. The van der Waals surface area contributed by atoms with Crippen molar-refractivity contribution in [2.75, 3.05) is 25.6 Å². The lowest BCUT2D eigenvalue weighted by Gasteiger charge is -2.10. The molecule has 33 heavy (non-hydrogen) atoms. The first kappa shape index (κ1) is 21.1. The van der Waals surface area contributed by atoms with Gasteiger partial charge in [-0.1, -0.05) is 6.07 Å². The fourth-order valence-corrected chi connectivity index (χ4v) is 3.79. The second-order valence-electron chi connectivity index (χ2n) is 8.07. The van der Waals surface area contributed by atoms with Gasteiger partial charge in [0.25, 0.3) is 5.91 Å². The number of carbonyl (C=O) groups excluding carboxylic acids is 1. The van der Waals surface area contributed by atoms with Gasteiger partial charge < -0.3 is 14.8 Å². The van der Waals surface area contributed by atoms with E-state index in [2.05, 4.69) is 15.4 Å². The molecule has 8 heteroatoms. The molecule has 1 aliphatic carbocycles. The molecule has 1 aromatic carbocycles. The van der Waals surface area contributed by atoms with Crippen LogP contribution >= 0.6 is 0 Å². The van der Waals surface area contributed by atoms with Crippen molar-refractivity contribution >= 4 is 22.6 Å². The molecule has 3 heterocycles. The number of ether oxygens (including phenoxy) is 2. The highest BCUT2D eigenvalue weighted by atomic mass is 16.5. The minimum atomic E-state index is -0.193. The zero-order valence-corrected chi connectivity index (χ0v) is 18.6. The van der Waals surface area contributed by atoms with Gasteiger partial charge in [0.15, 0.2) is 11.5 Å². The molecule has 0 unspecified atom stereocenters. The second-order valence-corrected chi connectivity index (χ2v) is 8.07. The number of hydrogen-bond donors (Lipinski definition) is 1. The van der Waals surface area contributed by atoms with Crippen LogP contribution in [0.2, 0.25) is 0 Å². The first-order chi connectivity index (χ1) is 16.1. The highest BCUT2D eigenvalue weighted by Crippen LogP contribution is 2.40. The molecule has 1 saturated carbocycles. The van der Waals surface area contributed by atoms with Crippen molar-refractivity contribution in [2.24, 2.45) is 0 Å². The van der Waals surface area contributed by atoms with E-state index in [9.17, 15) is 4.79 Å². The SMILES string of the molecule is COCCOc1ccc(NC(=O)c2cc(C3CC3)nc3c2c(C)nn3-c2ccccn2)cc1. The summed E-state index contributed by atoms with van der Waals surface area (Å²) in [6.07, 6.45) is 3.89. The van der Waals surface area contributed by atoms with Gasteiger partial charge in [0.05, 0.1) is 23.3 Å². The number of methoxy groups -OCH3 is 1. The van der Waals surface area contributed by atoms with E-state index < -0.39 is 0 Å². The minimum Gasteiger partial charge on any atom is -0.491 e. The third-order valence-electron chi connectivity index (χ3n) is 5.61. The third kappa shape index (κ3) is 4.42. The molecule has 0 spiro atoms. The standard InChI is InChI=1S/C25H25N5O3/c1-16-23-20(25(31)27-18-8-10-19(11-9-18)33-14-13-32-2)15-21(17-6-7-17)28-24(23)30(29-16)22-5-3-4-12-26-22/h3-5,8-12,15,17H,6-7,13-14H2,1-2H3,(H,27,31). The van der Waals surface area contributed by atoms with Gasteiger partial charge in [-0.05, 0) is 62.2 Å². The van der Waals surface area contributed by atoms with E-state index in [-0.39, 0.29) is 5.91 Å². The molecule has 4 aromatic rings. The van der Waals surface area contributed by atoms with Crippen LogP contribution in [0, 0.1) is 6.92 Å². The van der Waals surface area contributed by atoms with Gasteiger partial charge in [-0.25, -0.2) is 9.97 Å². The Morgan fingerprint density at radius 2 is 1.97 bits per heavy atom. The van der Waals surface area contributed by atoms with Crippen molar-refractivity contribution in [1.82, 2.24) is 19.7 Å². The zero-order chi connectivity index (χ0) is 22.8. The number of fused-ring (bicyclic) bond motifs is 1. The maximum absolute atomic E-state index is 13.4. The molecular formula is C25H25N5O3. The molecule has 5 rings (SSSR count). The van der Waals surface area contributed by atoms with Gasteiger partial charge in [-0.15, -0.1) is 0 Å². The van der Waals surface area contributed by atoms with Crippen LogP contribution in [0.5, 0.6) is 5.75 Å². The van der Waals surface area contributed by atoms with Crippen LogP contribution in [0.1, 0.15) is 40.5 Å². The highest BCUT2D eigenvalue weighted by Gasteiger charge is 2.29. The van der Waals surface area contributed by atoms with Crippen molar-refractivity contribution in [3.05, 3.63) is 71.7 Å². The van der Waals surface area contributed by atoms with Crippen LogP contribution in [0.15, 0.2) is 54.7 Å². The lowest BCUT2D eigenvalue weighted by Crippen LogP contribution is -2.14. The lowest BCUT2D eigenvalue weighted by molar-refractivity contribution is 0.102. The number of anilines is 1. The smallest absolute Gasteiger partial charge is 0.256 e. The summed E-state index contributed by atoms with van der Waals surface area (Å²) in [6.45, 7) is 2.88. The molecule has 3 aromatic heterocycles. The van der Waals surface area contributed by atoms with Gasteiger partial charge in [0.1, 0.15) is 12.4 Å². The quantitative estimate of drug-likeness (QED) is 0.409. The summed E-state index contributed by atoms with van der Waals surface area (Å²) >= 11 is 0. The maximum Gasteiger partial charge on any atom is 0.256 e. The van der Waals surface area contributed by atoms with Crippen LogP contribution in [-0.4, -0.2) is 46.0 Å². The van der Waals surface area contributed by atoms with Crippen LogP contribution in [0.4, 0.5) is 5.69 Å². The Morgan fingerprint density at radius 3 is 2.67 bits per heavy atom. The molecule has 1 amide bonds. The number of nitrogens with one attached hydrogen (secondary N) is 1. The number of nitrogens with zero attached hydrogens (tertiary/aromatic N) is 4. The molecule has 168 valence electrons. The van der Waals surface area contributed by atoms with Gasteiger partial charge in [-0.2, -0.15) is 9.78 Å². The molecule has 0 aliphatic heterocycles. The molecule has 0 bridgehead atoms. The van der Waals surface area contributed by atoms with Crippen LogP contribution < -0.4 is 10.1 Å². The summed E-state index contributed by atoms with van der Waals surface area (Å²) in [5, 5.41) is 8.41. The van der Waals surface area contributed by atoms with Gasteiger partial charge in [0.2, 0.25) is 0 Å². The number of aromatic nitrogens is 4. The predicted molar refractivity (Wildman–Crippen MR) is 125 cm³/mol. The zero-order valence-electron chi connectivity index (χ0n) is 18.6. The molecule has 8 nitrogen and oxygen atoms in total.